The summed E-state index contributed by atoms with van der Waals surface area (Å²) in [5.41, 5.74) is 6.10. The molecule has 1 fully saturated rings. The summed E-state index contributed by atoms with van der Waals surface area (Å²) >= 11 is 0. The van der Waals surface area contributed by atoms with Crippen LogP contribution >= 0.6 is 0 Å². The Morgan fingerprint density at radius 1 is 0.667 bits per heavy atom. The van der Waals surface area contributed by atoms with Crippen molar-refractivity contribution in [2.45, 2.75) is 143 Å². The maximum Gasteiger partial charge on any atom is 1.00 e. The van der Waals surface area contributed by atoms with E-state index in [9.17, 15) is 5.11 Å². The van der Waals surface area contributed by atoms with Crippen molar-refractivity contribution in [3.8, 4) is 5.75 Å². The average molecular weight is 560 g/mol. The molecule has 1 N–H and O–H groups in total. The standard InChI is InChI=1S/C36H53N2O.2Li.H2O/c1-33(2,3)26-17-24(18-27(20-26)34(4,5)6)22-37-30-15-13-14-16-31(30)38-23-25-19-28(35(7,8)9)21-29(32(25)39)36(10,11)12;;;/h17,19-23,30-31,39H,13-16H2,1-12H3;;;1H2/q-1;2*+1;/p-2/t30-,31-;;;/m0.../s1. The summed E-state index contributed by atoms with van der Waals surface area (Å²) < 4.78 is 0. The molecule has 3 rings (SSSR count). The number of rotatable bonds is 4. The Kier molecular flexibility index (Phi) is 14.7. The van der Waals surface area contributed by atoms with Crippen LogP contribution in [-0.2, 0) is 21.7 Å². The second kappa shape index (κ2) is 15.1. The zero-order chi connectivity index (χ0) is 29.4. The number of benzene rings is 2. The zero-order valence-electron chi connectivity index (χ0n) is 29.2. The van der Waals surface area contributed by atoms with E-state index < -0.39 is 0 Å². The number of hydrogen-bond donors (Lipinski definition) is 0. The van der Waals surface area contributed by atoms with Crippen LogP contribution in [0.1, 0.15) is 142 Å². The number of hydrogen-bond acceptors (Lipinski definition) is 4. The monoisotopic (exact) mass is 559 g/mol. The second-order valence-electron chi connectivity index (χ2n) is 15.7. The van der Waals surface area contributed by atoms with Gasteiger partial charge in [0.25, 0.3) is 0 Å². The van der Waals surface area contributed by atoms with Crippen LogP contribution in [0.15, 0.2) is 34.3 Å². The fraction of sp³-hybridized carbons (Fsp3) is 0.611. The van der Waals surface area contributed by atoms with Gasteiger partial charge in [0, 0.05) is 6.21 Å². The van der Waals surface area contributed by atoms with Crippen molar-refractivity contribution in [1.29, 1.82) is 0 Å². The summed E-state index contributed by atoms with van der Waals surface area (Å²) in [5, 5.41) is 13.5. The molecule has 0 aromatic heterocycles. The molecule has 0 unspecified atom stereocenters. The van der Waals surface area contributed by atoms with Gasteiger partial charge < -0.3 is 15.6 Å². The second-order valence-corrected chi connectivity index (χ2v) is 15.7. The third-order valence-electron chi connectivity index (χ3n) is 7.86. The van der Waals surface area contributed by atoms with Crippen LogP contribution in [-0.4, -0.2) is 30.0 Å². The van der Waals surface area contributed by atoms with Crippen molar-refractivity contribution < 1.29 is 48.3 Å². The van der Waals surface area contributed by atoms with E-state index in [0.29, 0.717) is 5.56 Å². The summed E-state index contributed by atoms with van der Waals surface area (Å²) in [7, 11) is 0. The van der Waals surface area contributed by atoms with Crippen LogP contribution in [0, 0.1) is 6.07 Å². The van der Waals surface area contributed by atoms with Crippen LogP contribution in [0.3, 0.4) is 0 Å². The van der Waals surface area contributed by atoms with Gasteiger partial charge in [0.2, 0.25) is 0 Å². The molecule has 0 heterocycles. The minimum atomic E-state index is -0.220. The minimum absolute atomic E-state index is 0. The van der Waals surface area contributed by atoms with E-state index in [1.807, 2.05) is 18.5 Å². The molecule has 2 aromatic rings. The molecule has 0 amide bonds. The van der Waals surface area contributed by atoms with Gasteiger partial charge in [-0.1, -0.05) is 120 Å². The molecule has 1 aliphatic carbocycles. The number of nitrogens with zero attached hydrogens (tertiary/aromatic N) is 2. The van der Waals surface area contributed by atoms with Gasteiger partial charge in [0.1, 0.15) is 0 Å². The van der Waals surface area contributed by atoms with Gasteiger partial charge in [-0.25, -0.2) is 0 Å². The molecule has 4 nitrogen and oxygen atoms in total. The van der Waals surface area contributed by atoms with Crippen LogP contribution < -0.4 is 42.8 Å². The van der Waals surface area contributed by atoms with Gasteiger partial charge in [0.05, 0.1) is 12.1 Å². The van der Waals surface area contributed by atoms with E-state index in [1.165, 1.54) is 16.7 Å². The van der Waals surface area contributed by atoms with Gasteiger partial charge >= 0.3 is 37.7 Å². The van der Waals surface area contributed by atoms with Gasteiger partial charge in [-0.05, 0) is 51.2 Å². The van der Waals surface area contributed by atoms with E-state index in [1.54, 1.807) is 0 Å². The number of aliphatic imine (C=N–C) groups is 2. The Morgan fingerprint density at radius 2 is 1.14 bits per heavy atom. The molecule has 2 atom stereocenters. The Balaban J connectivity index is 0.00000560. The van der Waals surface area contributed by atoms with Crippen molar-refractivity contribution >= 4 is 12.4 Å². The first-order valence-corrected chi connectivity index (χ1v) is 14.8. The molecule has 222 valence electrons. The van der Waals surface area contributed by atoms with Crippen LogP contribution in [0.4, 0.5) is 0 Å². The normalized spacial score (nSPS) is 18.4. The Labute approximate surface area is 281 Å². The fourth-order valence-electron chi connectivity index (χ4n) is 5.03. The topological polar surface area (TPSA) is 77.8 Å². The molecule has 0 saturated heterocycles. The van der Waals surface area contributed by atoms with Crippen molar-refractivity contribution in [2.75, 3.05) is 0 Å². The van der Waals surface area contributed by atoms with E-state index >= 15 is 0 Å². The average Bonchev–Trinajstić information content (AvgIpc) is 2.79. The largest absolute Gasteiger partial charge is 1.00 e. The summed E-state index contributed by atoms with van der Waals surface area (Å²) in [6.45, 7) is 26.4. The molecule has 0 bridgehead atoms. The van der Waals surface area contributed by atoms with E-state index in [0.717, 1.165) is 36.8 Å². The van der Waals surface area contributed by atoms with Gasteiger partial charge in [-0.3, -0.25) is 4.99 Å². The SMILES string of the molecule is CC(C)(C)c1[c-]c(C=N[C@H]2CCCC[C@@H]2N=Cc2cc(C(C)(C)C)cc(C(C)(C)C)c2[O-])cc(C(C)(C)C)c1.[Li+].[Li+].[OH-]. The summed E-state index contributed by atoms with van der Waals surface area (Å²) in [6, 6.07) is 12.5. The first kappa shape index (κ1) is 40.7. The molecular weight excluding hydrogens is 506 g/mol. The molecule has 1 aliphatic rings. The molecule has 6 heteroatoms. The first-order chi connectivity index (χ1) is 17.8. The molecule has 0 aliphatic heterocycles. The molecule has 0 radical (unpaired) electrons. The van der Waals surface area contributed by atoms with Crippen LogP contribution in [0.25, 0.3) is 0 Å². The predicted molar refractivity (Wildman–Crippen MR) is 169 cm³/mol. The van der Waals surface area contributed by atoms with Crippen molar-refractivity contribution in [3.63, 3.8) is 0 Å². The Morgan fingerprint density at radius 3 is 1.60 bits per heavy atom. The molecule has 2 aromatic carbocycles. The quantitative estimate of drug-likeness (QED) is 0.328. The van der Waals surface area contributed by atoms with E-state index in [-0.39, 0.29) is 82.7 Å². The van der Waals surface area contributed by atoms with E-state index in [2.05, 4.69) is 107 Å². The molecule has 0 spiro atoms. The molecule has 42 heavy (non-hydrogen) atoms. The molecular formula is C36H53Li2N2O2-. The molecule has 1 saturated carbocycles. The zero-order valence-corrected chi connectivity index (χ0v) is 29.2. The van der Waals surface area contributed by atoms with Crippen molar-refractivity contribution in [1.82, 2.24) is 0 Å². The summed E-state index contributed by atoms with van der Waals surface area (Å²) in [6.07, 6.45) is 8.18. The Hall–Kier alpha value is -1.27. The van der Waals surface area contributed by atoms with Gasteiger partial charge in [-0.15, -0.1) is 34.9 Å². The third-order valence-corrected chi connectivity index (χ3v) is 7.86. The maximum absolute atomic E-state index is 13.5. The summed E-state index contributed by atoms with van der Waals surface area (Å²) in [4.78, 5) is 10.1. The third kappa shape index (κ3) is 10.7. The van der Waals surface area contributed by atoms with E-state index in [4.69, 9.17) is 9.98 Å². The summed E-state index contributed by atoms with van der Waals surface area (Å²) in [5.74, 6) is 0.0958. The Bertz CT molecular complexity index is 1190. The van der Waals surface area contributed by atoms with Crippen LogP contribution in [0.2, 0.25) is 0 Å². The predicted octanol–water partition coefficient (Wildman–Crippen LogP) is 2.43. The van der Waals surface area contributed by atoms with Gasteiger partial charge in [0.15, 0.2) is 0 Å². The fourth-order valence-corrected chi connectivity index (χ4v) is 5.03. The smallest absolute Gasteiger partial charge is 0.872 e. The van der Waals surface area contributed by atoms with Gasteiger partial charge in [-0.2, -0.15) is 0 Å². The maximum atomic E-state index is 13.5. The van der Waals surface area contributed by atoms with Crippen molar-refractivity contribution in [3.05, 3.63) is 63.7 Å². The first-order valence-electron chi connectivity index (χ1n) is 14.8. The van der Waals surface area contributed by atoms with Crippen LogP contribution in [0.5, 0.6) is 5.75 Å². The minimum Gasteiger partial charge on any atom is -0.872 e. The van der Waals surface area contributed by atoms with Crippen molar-refractivity contribution in [2.24, 2.45) is 9.98 Å².